The molecule has 0 aliphatic carbocycles. The summed E-state index contributed by atoms with van der Waals surface area (Å²) in [5.74, 6) is 0. The fraction of sp³-hybridized carbons (Fsp3) is 0.105. The highest BCUT2D eigenvalue weighted by molar-refractivity contribution is 6.30. The fourth-order valence-corrected chi connectivity index (χ4v) is 2.68. The van der Waals surface area contributed by atoms with Gasteiger partial charge in [-0.05, 0) is 54.8 Å². The van der Waals surface area contributed by atoms with Gasteiger partial charge in [-0.25, -0.2) is 0 Å². The van der Waals surface area contributed by atoms with Gasteiger partial charge in [-0.15, -0.1) is 0 Å². The van der Waals surface area contributed by atoms with Gasteiger partial charge in [0.25, 0.3) is 0 Å². The van der Waals surface area contributed by atoms with Crippen LogP contribution in [0.1, 0.15) is 24.0 Å². The summed E-state index contributed by atoms with van der Waals surface area (Å²) in [5.41, 5.74) is 3.70. The maximum atomic E-state index is 12.4. The van der Waals surface area contributed by atoms with Crippen LogP contribution in [0.25, 0.3) is 6.08 Å². The monoisotopic (exact) mass is 309 g/mol. The van der Waals surface area contributed by atoms with Crippen molar-refractivity contribution >= 4 is 23.4 Å². The van der Waals surface area contributed by atoms with Gasteiger partial charge in [-0.2, -0.15) is 4.74 Å². The van der Waals surface area contributed by atoms with E-state index in [9.17, 15) is 5.21 Å². The van der Waals surface area contributed by atoms with Gasteiger partial charge in [0, 0.05) is 16.2 Å². The third-order valence-corrected chi connectivity index (χ3v) is 3.86. The van der Waals surface area contributed by atoms with E-state index < -0.39 is 0 Å². The van der Waals surface area contributed by atoms with Crippen LogP contribution in [0.2, 0.25) is 5.02 Å². The number of allylic oxidation sites excluding steroid dienone is 2. The molecule has 2 nitrogen and oxygen atoms in total. The predicted molar refractivity (Wildman–Crippen MR) is 92.0 cm³/mol. The summed E-state index contributed by atoms with van der Waals surface area (Å²) in [4.78, 5) is 0. The van der Waals surface area contributed by atoms with Crippen LogP contribution in [0.4, 0.5) is 0 Å². The highest BCUT2D eigenvalue weighted by Crippen LogP contribution is 2.22. The molecule has 3 rings (SSSR count). The lowest BCUT2D eigenvalue weighted by Gasteiger charge is -2.10. The van der Waals surface area contributed by atoms with Crippen LogP contribution in [0.3, 0.4) is 0 Å². The van der Waals surface area contributed by atoms with Crippen molar-refractivity contribution in [3.05, 3.63) is 93.8 Å². The quantitative estimate of drug-likeness (QED) is 0.564. The average molecular weight is 310 g/mol. The Hall–Kier alpha value is -2.32. The van der Waals surface area contributed by atoms with Crippen molar-refractivity contribution in [2.75, 3.05) is 0 Å². The number of rotatable bonds is 2. The zero-order chi connectivity index (χ0) is 15.4. The smallest absolute Gasteiger partial charge is 0.226 e. The van der Waals surface area contributed by atoms with Gasteiger partial charge in [0.2, 0.25) is 5.71 Å². The summed E-state index contributed by atoms with van der Waals surface area (Å²) >= 11 is 5.96. The first-order valence-corrected chi connectivity index (χ1v) is 7.64. The molecular formula is C19H16ClNO. The van der Waals surface area contributed by atoms with Gasteiger partial charge >= 0.3 is 0 Å². The molecule has 0 unspecified atom stereocenters. The second-order valence-electron chi connectivity index (χ2n) is 5.19. The van der Waals surface area contributed by atoms with E-state index >= 15 is 0 Å². The van der Waals surface area contributed by atoms with Crippen LogP contribution in [0, 0.1) is 5.21 Å². The van der Waals surface area contributed by atoms with E-state index in [1.165, 1.54) is 0 Å². The maximum absolute atomic E-state index is 12.4. The van der Waals surface area contributed by atoms with Crippen molar-refractivity contribution < 1.29 is 4.74 Å². The average Bonchev–Trinajstić information content (AvgIpc) is 2.71. The fourth-order valence-electron chi connectivity index (χ4n) is 2.55. The van der Waals surface area contributed by atoms with E-state index in [0.29, 0.717) is 10.7 Å². The summed E-state index contributed by atoms with van der Waals surface area (Å²) in [5, 5.41) is 13.1. The van der Waals surface area contributed by atoms with Gasteiger partial charge in [-0.3, -0.25) is 0 Å². The van der Waals surface area contributed by atoms with E-state index in [1.807, 2.05) is 60.7 Å². The molecule has 1 heterocycles. The molecule has 0 aromatic heterocycles. The zero-order valence-electron chi connectivity index (χ0n) is 12.1. The second kappa shape index (κ2) is 6.63. The zero-order valence-corrected chi connectivity index (χ0v) is 12.8. The topological polar surface area (TPSA) is 26.1 Å². The van der Waals surface area contributed by atoms with Gasteiger partial charge in [0.15, 0.2) is 6.20 Å². The molecule has 0 spiro atoms. The number of hydrogen-bond donors (Lipinski definition) is 0. The molecular weight excluding hydrogens is 294 g/mol. The molecule has 110 valence electrons. The van der Waals surface area contributed by atoms with Crippen LogP contribution in [-0.2, 0) is 0 Å². The minimum Gasteiger partial charge on any atom is -0.618 e. The number of hydroxylamine groups is 1. The van der Waals surface area contributed by atoms with Crippen molar-refractivity contribution in [2.24, 2.45) is 0 Å². The Labute approximate surface area is 135 Å². The van der Waals surface area contributed by atoms with Crippen molar-refractivity contribution in [1.82, 2.24) is 0 Å². The van der Waals surface area contributed by atoms with Crippen LogP contribution in [-0.4, -0.2) is 10.5 Å². The predicted octanol–water partition coefficient (Wildman–Crippen LogP) is 5.03. The van der Waals surface area contributed by atoms with Gasteiger partial charge in [0.1, 0.15) is 0 Å². The van der Waals surface area contributed by atoms with Gasteiger partial charge < -0.3 is 5.21 Å². The Balaban J connectivity index is 2.09. The minimum absolute atomic E-state index is 0.666. The molecule has 0 saturated heterocycles. The van der Waals surface area contributed by atoms with Crippen LogP contribution < -0.4 is 0 Å². The highest BCUT2D eigenvalue weighted by Gasteiger charge is 2.19. The number of nitrogens with zero attached hydrogens (tertiary/aromatic N) is 1. The van der Waals surface area contributed by atoms with Crippen LogP contribution in [0.5, 0.6) is 0 Å². The van der Waals surface area contributed by atoms with Crippen molar-refractivity contribution in [2.45, 2.75) is 12.8 Å². The molecule has 0 N–H and O–H groups in total. The molecule has 22 heavy (non-hydrogen) atoms. The number of benzene rings is 2. The lowest BCUT2D eigenvalue weighted by atomic mass is 9.96. The maximum Gasteiger partial charge on any atom is 0.226 e. The molecule has 3 heteroatoms. The molecule has 1 aliphatic heterocycles. The van der Waals surface area contributed by atoms with Crippen molar-refractivity contribution in [1.29, 1.82) is 0 Å². The molecule has 2 aromatic rings. The summed E-state index contributed by atoms with van der Waals surface area (Å²) in [6.07, 6.45) is 7.28. The number of hydrogen-bond acceptors (Lipinski definition) is 1. The van der Waals surface area contributed by atoms with Crippen molar-refractivity contribution in [3.63, 3.8) is 0 Å². The first-order chi connectivity index (χ1) is 10.7. The summed E-state index contributed by atoms with van der Waals surface area (Å²) < 4.78 is 0.949. The molecule has 1 aliphatic rings. The molecule has 0 fully saturated rings. The van der Waals surface area contributed by atoms with E-state index in [1.54, 1.807) is 6.20 Å². The second-order valence-corrected chi connectivity index (χ2v) is 5.62. The van der Waals surface area contributed by atoms with E-state index in [4.69, 9.17) is 11.6 Å². The molecule has 0 radical (unpaired) electrons. The summed E-state index contributed by atoms with van der Waals surface area (Å²) in [6.45, 7) is 0. The molecule has 0 atom stereocenters. The first-order valence-electron chi connectivity index (χ1n) is 7.26. The standard InChI is InChI=1S/C19H16ClNO/c20-18-11-9-16(10-12-18)19-17(8-4-5-13-21(19)22)14-15-6-2-1-3-7-15/h1-3,5-7,9-14H,4,8H2/b17-14+. The first kappa shape index (κ1) is 14.6. The third kappa shape index (κ3) is 3.29. The van der Waals surface area contributed by atoms with Gasteiger partial charge in [0.05, 0.1) is 0 Å². The Bertz CT molecular complexity index is 743. The van der Waals surface area contributed by atoms with E-state index in [0.717, 1.165) is 34.3 Å². The van der Waals surface area contributed by atoms with Crippen molar-refractivity contribution in [3.8, 4) is 0 Å². The van der Waals surface area contributed by atoms with E-state index in [2.05, 4.69) is 6.08 Å². The largest absolute Gasteiger partial charge is 0.618 e. The Morgan fingerprint density at radius 1 is 1.00 bits per heavy atom. The molecule has 0 saturated carbocycles. The van der Waals surface area contributed by atoms with Gasteiger partial charge in [-0.1, -0.05) is 41.9 Å². The van der Waals surface area contributed by atoms with Crippen LogP contribution in [0.15, 0.2) is 72.4 Å². The summed E-state index contributed by atoms with van der Waals surface area (Å²) in [6, 6.07) is 17.5. The normalized spacial score (nSPS) is 16.9. The van der Waals surface area contributed by atoms with E-state index in [-0.39, 0.29) is 0 Å². The number of halogens is 1. The Morgan fingerprint density at radius 3 is 2.45 bits per heavy atom. The minimum atomic E-state index is 0.666. The SMILES string of the molecule is [O-][N+]1=C(c2ccc(Cl)cc2)/C(=C/c2ccccc2)CCC=C1. The Morgan fingerprint density at radius 2 is 1.73 bits per heavy atom. The van der Waals surface area contributed by atoms with Crippen LogP contribution >= 0.6 is 11.6 Å². The third-order valence-electron chi connectivity index (χ3n) is 3.60. The molecule has 2 aromatic carbocycles. The lowest BCUT2D eigenvalue weighted by molar-refractivity contribution is -0.377. The lowest BCUT2D eigenvalue weighted by Crippen LogP contribution is -2.14. The molecule has 0 amide bonds. The highest BCUT2D eigenvalue weighted by atomic mass is 35.5. The summed E-state index contributed by atoms with van der Waals surface area (Å²) in [7, 11) is 0. The Kier molecular flexibility index (Phi) is 4.40. The molecule has 0 bridgehead atoms.